The number of esters is 1. The number of allylic oxidation sites excluding steroid dienone is 7. The smallest absolute Gasteiger partial charge is 0.333 e. The normalized spacial score (nSPS) is 24.5. The number of ether oxygens (including phenoxy) is 3. The van der Waals surface area contributed by atoms with Crippen molar-refractivity contribution in [2.45, 2.75) is 150 Å². The fraction of sp³-hybridized carbons (Fsp3) is 0.604. The lowest BCUT2D eigenvalue weighted by atomic mass is 9.51. The molecule has 6 rings (SSSR count). The lowest BCUT2D eigenvalue weighted by Crippen LogP contribution is -2.72. The molecule has 3 aliphatic carbocycles. The van der Waals surface area contributed by atoms with Crippen molar-refractivity contribution < 1.29 is 38.8 Å². The third-order valence-electron chi connectivity index (χ3n) is 12.7. The summed E-state index contributed by atoms with van der Waals surface area (Å²) in [5.74, 6) is -2.44. The molecule has 2 fully saturated rings. The third-order valence-corrected chi connectivity index (χ3v) is 12.7. The summed E-state index contributed by atoms with van der Waals surface area (Å²) in [6.45, 7) is 23.4. The number of nitrogens with zero attached hydrogens (tertiary/aromatic N) is 1. The molecule has 1 saturated heterocycles. The van der Waals surface area contributed by atoms with Gasteiger partial charge in [0.25, 0.3) is 0 Å². The van der Waals surface area contributed by atoms with Gasteiger partial charge < -0.3 is 29.3 Å². The van der Waals surface area contributed by atoms with Gasteiger partial charge in [0.1, 0.15) is 22.8 Å². The molecular weight excluding hydrogens is 719 g/mol. The van der Waals surface area contributed by atoms with Crippen LogP contribution in [0.25, 0.3) is 0 Å². The van der Waals surface area contributed by atoms with Crippen LogP contribution in [0.1, 0.15) is 142 Å². The molecule has 0 aromatic heterocycles. The first-order valence-electron chi connectivity index (χ1n) is 21.2. The number of phenols is 2. The molecule has 2 aliphatic heterocycles. The molecule has 1 aromatic rings. The minimum absolute atomic E-state index is 0.00290. The van der Waals surface area contributed by atoms with E-state index in [2.05, 4.69) is 38.7 Å². The van der Waals surface area contributed by atoms with Crippen LogP contribution in [0.15, 0.2) is 58.2 Å². The van der Waals surface area contributed by atoms with E-state index < -0.39 is 40.4 Å². The van der Waals surface area contributed by atoms with Gasteiger partial charge in [-0.1, -0.05) is 73.8 Å². The second kappa shape index (κ2) is 17.9. The second-order valence-corrected chi connectivity index (χ2v) is 17.6. The molecule has 4 bridgehead atoms. The first kappa shape index (κ1) is 44.2. The van der Waals surface area contributed by atoms with Crippen molar-refractivity contribution in [3.05, 3.63) is 74.9 Å². The summed E-state index contributed by atoms with van der Waals surface area (Å²) in [6, 6.07) is 0. The molecular formula is C48H67NO8. The first-order valence-corrected chi connectivity index (χ1v) is 21.2. The van der Waals surface area contributed by atoms with E-state index in [0.717, 1.165) is 69.3 Å². The average Bonchev–Trinajstić information content (AvgIpc) is 3.31. The summed E-state index contributed by atoms with van der Waals surface area (Å²) in [4.78, 5) is 45.2. The predicted octanol–water partition coefficient (Wildman–Crippen LogP) is 9.63. The van der Waals surface area contributed by atoms with E-state index in [1.807, 2.05) is 46.8 Å². The number of aromatic hydroxyl groups is 2. The molecule has 2 N–H and O–H groups in total. The molecule has 0 amide bonds. The van der Waals surface area contributed by atoms with Gasteiger partial charge in [0.15, 0.2) is 22.8 Å². The molecule has 1 saturated carbocycles. The summed E-state index contributed by atoms with van der Waals surface area (Å²) in [5, 5.41) is 23.8. The van der Waals surface area contributed by atoms with Crippen LogP contribution in [0, 0.1) is 11.8 Å². The molecule has 4 unspecified atom stereocenters. The highest BCUT2D eigenvalue weighted by Gasteiger charge is 2.81. The number of fused-ring (bicyclic) bond motifs is 1. The Morgan fingerprint density at radius 1 is 0.895 bits per heavy atom. The number of carbonyl (C=O) groups excluding carboxylic acids is 3. The van der Waals surface area contributed by atoms with E-state index in [1.165, 1.54) is 5.57 Å². The van der Waals surface area contributed by atoms with Crippen LogP contribution in [0.2, 0.25) is 0 Å². The number of ketones is 2. The van der Waals surface area contributed by atoms with Gasteiger partial charge in [-0.15, -0.1) is 0 Å². The Morgan fingerprint density at radius 3 is 2.23 bits per heavy atom. The van der Waals surface area contributed by atoms with Crippen LogP contribution in [-0.2, 0) is 31.9 Å². The number of unbranched alkanes of at least 4 members (excludes halogenated alkanes) is 3. The van der Waals surface area contributed by atoms with Gasteiger partial charge in [0, 0.05) is 40.5 Å². The Morgan fingerprint density at radius 2 is 1.56 bits per heavy atom. The van der Waals surface area contributed by atoms with E-state index in [-0.39, 0.29) is 53.4 Å². The molecule has 9 nitrogen and oxygen atoms in total. The fourth-order valence-electron chi connectivity index (χ4n) is 9.41. The van der Waals surface area contributed by atoms with Gasteiger partial charge in [-0.05, 0) is 120 Å². The number of phenolic OH excluding ortho intramolecular Hbond substituents is 2. The number of carbonyl (C=O) groups is 3. The van der Waals surface area contributed by atoms with E-state index in [1.54, 1.807) is 19.1 Å². The summed E-state index contributed by atoms with van der Waals surface area (Å²) in [6.07, 6.45) is 16.1. The zero-order valence-electron chi connectivity index (χ0n) is 36.2. The standard InChI is InChI=1S/C48H67NO8/c1-11-49(12-2)26-15-13-14-16-27-55-45(54)33(8)24-25-47-44(53)34-28-37-42(52)39-41(51)35(23-21-32(7)19-17-18-30(3)4)40(50)36(22-20-31(5)6)43(39)56-48(37,47)38(29-34)46(9,10)57-47/h18,20-21,24,28,34,38,50-51H,11-17,19,22-23,25-27,29H2,1-10H3/b32-21+,33-24-. The molecule has 9 heteroatoms. The molecule has 312 valence electrons. The maximum Gasteiger partial charge on any atom is 0.333 e. The zero-order chi connectivity index (χ0) is 41.9. The van der Waals surface area contributed by atoms with E-state index in [4.69, 9.17) is 14.2 Å². The highest BCUT2D eigenvalue weighted by molar-refractivity contribution is 6.18. The van der Waals surface area contributed by atoms with Crippen LogP contribution in [0.3, 0.4) is 0 Å². The molecule has 0 radical (unpaired) electrons. The number of hydrogen-bond acceptors (Lipinski definition) is 9. The Balaban J connectivity index is 1.48. The molecule has 1 aromatic carbocycles. The van der Waals surface area contributed by atoms with Gasteiger partial charge in [-0.25, -0.2) is 4.79 Å². The summed E-state index contributed by atoms with van der Waals surface area (Å²) >= 11 is 0. The van der Waals surface area contributed by atoms with Gasteiger partial charge in [-0.2, -0.15) is 0 Å². The van der Waals surface area contributed by atoms with Crippen molar-refractivity contribution >= 4 is 17.5 Å². The van der Waals surface area contributed by atoms with E-state index in [9.17, 15) is 24.6 Å². The minimum atomic E-state index is -1.63. The summed E-state index contributed by atoms with van der Waals surface area (Å²) in [7, 11) is 0. The fourth-order valence-corrected chi connectivity index (χ4v) is 9.41. The summed E-state index contributed by atoms with van der Waals surface area (Å²) in [5.41, 5.74) is 0.603. The topological polar surface area (TPSA) is 123 Å². The average molecular weight is 786 g/mol. The predicted molar refractivity (Wildman–Crippen MR) is 225 cm³/mol. The van der Waals surface area contributed by atoms with Gasteiger partial charge in [0.2, 0.25) is 0 Å². The van der Waals surface area contributed by atoms with Crippen LogP contribution in [0.4, 0.5) is 0 Å². The number of rotatable bonds is 19. The Kier molecular flexibility index (Phi) is 13.9. The van der Waals surface area contributed by atoms with Crippen LogP contribution in [0.5, 0.6) is 17.2 Å². The molecule has 57 heavy (non-hydrogen) atoms. The Labute approximate surface area is 340 Å². The monoisotopic (exact) mass is 785 g/mol. The molecule has 1 spiro atoms. The van der Waals surface area contributed by atoms with Gasteiger partial charge in [0.05, 0.1) is 12.2 Å². The maximum absolute atomic E-state index is 15.0. The molecule has 5 aliphatic rings. The Hall–Kier alpha value is -3.95. The van der Waals surface area contributed by atoms with Crippen molar-refractivity contribution in [3.63, 3.8) is 0 Å². The molecule has 4 atom stereocenters. The van der Waals surface area contributed by atoms with Crippen molar-refractivity contribution in [3.8, 4) is 17.2 Å². The maximum atomic E-state index is 15.0. The van der Waals surface area contributed by atoms with Gasteiger partial charge >= 0.3 is 5.97 Å². The number of hydrogen-bond donors (Lipinski definition) is 2. The highest BCUT2D eigenvalue weighted by atomic mass is 16.6. The van der Waals surface area contributed by atoms with Crippen molar-refractivity contribution in [2.75, 3.05) is 26.2 Å². The highest BCUT2D eigenvalue weighted by Crippen LogP contribution is 2.68. The van der Waals surface area contributed by atoms with Crippen LogP contribution < -0.4 is 4.74 Å². The van der Waals surface area contributed by atoms with Crippen molar-refractivity contribution in [1.82, 2.24) is 4.90 Å². The third kappa shape index (κ3) is 8.47. The Bertz CT molecular complexity index is 1880. The zero-order valence-corrected chi connectivity index (χ0v) is 36.2. The largest absolute Gasteiger partial charge is 0.507 e. The number of benzene rings is 1. The molecule has 2 heterocycles. The summed E-state index contributed by atoms with van der Waals surface area (Å²) < 4.78 is 19.6. The quantitative estimate of drug-likeness (QED) is 0.0611. The lowest BCUT2D eigenvalue weighted by Gasteiger charge is -2.56. The first-order chi connectivity index (χ1) is 26.9. The second-order valence-electron chi connectivity index (χ2n) is 17.6. The van der Waals surface area contributed by atoms with Crippen molar-refractivity contribution in [1.29, 1.82) is 0 Å². The SMILES string of the molecule is CCN(CC)CCCCCCOC(=O)/C(C)=C\CC12OC(C)(C)C3CC(C=C4C(=O)c5c(O)c(C/C=C(\C)CCC=C(C)C)c(O)c(CC=C(C)C)c5OC431)C2=O. The van der Waals surface area contributed by atoms with E-state index in [0.29, 0.717) is 29.7 Å². The van der Waals surface area contributed by atoms with Crippen LogP contribution in [-0.4, -0.2) is 75.7 Å². The van der Waals surface area contributed by atoms with Crippen molar-refractivity contribution in [2.24, 2.45) is 11.8 Å². The minimum Gasteiger partial charge on any atom is -0.507 e. The van der Waals surface area contributed by atoms with E-state index >= 15 is 0 Å². The number of Topliss-reactive ketones (excluding diaryl/α,β-unsaturated/α-hetero) is 2. The van der Waals surface area contributed by atoms with Gasteiger partial charge in [-0.3, -0.25) is 9.59 Å². The lowest BCUT2D eigenvalue weighted by molar-refractivity contribution is -0.171. The van der Waals surface area contributed by atoms with Crippen LogP contribution >= 0.6 is 0 Å².